The van der Waals surface area contributed by atoms with Gasteiger partial charge in [0.15, 0.2) is 5.60 Å². The summed E-state index contributed by atoms with van der Waals surface area (Å²) in [5.74, 6) is -0.944. The Morgan fingerprint density at radius 2 is 1.75 bits per heavy atom. The monoisotopic (exact) mass is 574 g/mol. The Morgan fingerprint density at radius 3 is 2.38 bits per heavy atom. The maximum Gasteiger partial charge on any atom is 0.416 e. The van der Waals surface area contributed by atoms with Gasteiger partial charge in [0.25, 0.3) is 5.91 Å². The van der Waals surface area contributed by atoms with Gasteiger partial charge < -0.3 is 15.8 Å². The number of alkyl halides is 3. The summed E-state index contributed by atoms with van der Waals surface area (Å²) in [6, 6.07) is 13.9. The summed E-state index contributed by atoms with van der Waals surface area (Å²) in [5.41, 5.74) is 6.07. The van der Waals surface area contributed by atoms with Crippen LogP contribution in [0.5, 0.6) is 0 Å². The topological polar surface area (TPSA) is 81.4 Å². The number of hydrogen-bond donors (Lipinski definition) is 2. The molecule has 40 heavy (non-hydrogen) atoms. The first-order valence-corrected chi connectivity index (χ1v) is 13.3. The molecule has 2 aromatic carbocycles. The molecule has 0 fully saturated rings. The van der Waals surface area contributed by atoms with E-state index in [2.05, 4.69) is 5.32 Å². The normalized spacial score (nSPS) is 19.9. The van der Waals surface area contributed by atoms with Gasteiger partial charge in [0.1, 0.15) is 0 Å². The lowest BCUT2D eigenvalue weighted by atomic mass is 9.85. The van der Waals surface area contributed by atoms with Crippen LogP contribution in [0.3, 0.4) is 0 Å². The number of ether oxygens (including phenoxy) is 1. The third kappa shape index (κ3) is 8.49. The van der Waals surface area contributed by atoms with Gasteiger partial charge in [-0.1, -0.05) is 47.5 Å². The number of nitrogens with one attached hydrogen (secondary N) is 1. The van der Waals surface area contributed by atoms with Crippen molar-refractivity contribution >= 4 is 23.4 Å². The second-order valence-corrected chi connectivity index (χ2v) is 11.0. The first kappa shape index (κ1) is 31.0. The predicted molar refractivity (Wildman–Crippen MR) is 151 cm³/mol. The van der Waals surface area contributed by atoms with Crippen molar-refractivity contribution in [3.63, 3.8) is 0 Å². The summed E-state index contributed by atoms with van der Waals surface area (Å²) in [6.45, 7) is 6.64. The minimum absolute atomic E-state index is 0.245. The van der Waals surface area contributed by atoms with Gasteiger partial charge in [0, 0.05) is 29.0 Å². The van der Waals surface area contributed by atoms with E-state index in [0.717, 1.165) is 23.3 Å². The molecule has 0 saturated carbocycles. The molecule has 2 unspecified atom stereocenters. The Bertz CT molecular complexity index is 1330. The van der Waals surface area contributed by atoms with E-state index in [4.69, 9.17) is 22.1 Å². The quantitative estimate of drug-likeness (QED) is 0.333. The second kappa shape index (κ2) is 12.8. The van der Waals surface area contributed by atoms with E-state index < -0.39 is 35.2 Å². The number of allylic oxidation sites excluding steroid dienone is 6. The highest BCUT2D eigenvalue weighted by atomic mass is 35.5. The number of amides is 2. The Hall–Kier alpha value is -3.52. The van der Waals surface area contributed by atoms with Crippen LogP contribution in [0.4, 0.5) is 13.2 Å². The number of nitrogens with two attached hydrogens (primary N) is 1. The average Bonchev–Trinajstić information content (AvgIpc) is 2.87. The van der Waals surface area contributed by atoms with Crippen LogP contribution < -0.4 is 11.1 Å². The van der Waals surface area contributed by atoms with Crippen LogP contribution in [-0.2, 0) is 16.0 Å². The van der Waals surface area contributed by atoms with Crippen LogP contribution in [0.15, 0.2) is 83.7 Å². The van der Waals surface area contributed by atoms with Gasteiger partial charge in [-0.2, -0.15) is 13.2 Å². The molecule has 0 bridgehead atoms. The molecule has 9 heteroatoms. The van der Waals surface area contributed by atoms with Gasteiger partial charge in [0.05, 0.1) is 11.3 Å². The van der Waals surface area contributed by atoms with Crippen LogP contribution in [0.25, 0.3) is 0 Å². The number of carbonyl (C=O) groups excluding carboxylic acids is 2. The first-order valence-electron chi connectivity index (χ1n) is 12.9. The molecule has 0 spiro atoms. The maximum atomic E-state index is 13.4. The number of primary amides is 1. The lowest BCUT2D eigenvalue weighted by Gasteiger charge is -2.32. The minimum atomic E-state index is -4.49. The molecular weight excluding hydrogens is 541 g/mol. The van der Waals surface area contributed by atoms with Crippen molar-refractivity contribution in [3.8, 4) is 0 Å². The summed E-state index contributed by atoms with van der Waals surface area (Å²) in [5, 5.41) is 3.62. The Morgan fingerprint density at radius 1 is 1.07 bits per heavy atom. The lowest BCUT2D eigenvalue weighted by molar-refractivity contribution is -0.139. The highest BCUT2D eigenvalue weighted by Gasteiger charge is 2.35. The molecule has 5 nitrogen and oxygen atoms in total. The third-order valence-corrected chi connectivity index (χ3v) is 7.06. The SMILES string of the molecule is C\C1=C/C(C(F)(F)F)=C\C=C(\OC(C)(C)C(=O)NC(C)C(Cc2ccc(Cl)cc2)c2cccc(C(N)=O)c2)CC1. The predicted octanol–water partition coefficient (Wildman–Crippen LogP) is 7.18. The van der Waals surface area contributed by atoms with Crippen molar-refractivity contribution in [2.24, 2.45) is 5.73 Å². The van der Waals surface area contributed by atoms with Crippen molar-refractivity contribution in [2.75, 3.05) is 0 Å². The molecule has 214 valence electrons. The van der Waals surface area contributed by atoms with Gasteiger partial charge in [0.2, 0.25) is 5.91 Å². The zero-order chi connectivity index (χ0) is 29.7. The van der Waals surface area contributed by atoms with Gasteiger partial charge >= 0.3 is 6.18 Å². The van der Waals surface area contributed by atoms with Crippen molar-refractivity contribution in [1.29, 1.82) is 0 Å². The maximum absolute atomic E-state index is 13.4. The van der Waals surface area contributed by atoms with E-state index >= 15 is 0 Å². The van der Waals surface area contributed by atoms with E-state index in [9.17, 15) is 22.8 Å². The molecule has 1 aliphatic rings. The molecule has 0 aromatic heterocycles. The lowest BCUT2D eigenvalue weighted by Crippen LogP contribution is -2.49. The summed E-state index contributed by atoms with van der Waals surface area (Å²) in [4.78, 5) is 25.3. The van der Waals surface area contributed by atoms with E-state index in [0.29, 0.717) is 35.4 Å². The second-order valence-electron chi connectivity index (χ2n) is 10.5. The molecule has 0 radical (unpaired) electrons. The number of benzene rings is 2. The highest BCUT2D eigenvalue weighted by Crippen LogP contribution is 2.32. The Labute approximate surface area is 237 Å². The Kier molecular flexibility index (Phi) is 9.90. The summed E-state index contributed by atoms with van der Waals surface area (Å²) in [6.07, 6.45) is 0.144. The fourth-order valence-corrected chi connectivity index (χ4v) is 4.60. The van der Waals surface area contributed by atoms with Crippen molar-refractivity contribution in [3.05, 3.63) is 105 Å². The number of hydrogen-bond acceptors (Lipinski definition) is 3. The van der Waals surface area contributed by atoms with Gasteiger partial charge in [-0.25, -0.2) is 0 Å². The molecule has 2 aromatic rings. The molecule has 1 aliphatic carbocycles. The van der Waals surface area contributed by atoms with Crippen molar-refractivity contribution in [1.82, 2.24) is 5.32 Å². The van der Waals surface area contributed by atoms with Gasteiger partial charge in [-0.15, -0.1) is 0 Å². The third-order valence-electron chi connectivity index (χ3n) is 6.81. The zero-order valence-electron chi connectivity index (χ0n) is 22.9. The molecular formula is C31H34ClF3N2O3. The standard InChI is InChI=1S/C31H34ClF3N2O3/c1-19-8-14-26(15-11-24(16-19)31(33,34)35)40-30(3,4)29(39)37-20(2)27(17-21-9-12-25(32)13-10-21)22-6-5-7-23(18-22)28(36)38/h5-7,9-13,15-16,18,20,27H,8,14,17H2,1-4H3,(H2,36,38)(H,37,39)/b19-16+,24-11+,26-15+. The fourth-order valence-electron chi connectivity index (χ4n) is 4.47. The highest BCUT2D eigenvalue weighted by molar-refractivity contribution is 6.30. The van der Waals surface area contributed by atoms with Crippen LogP contribution in [0.1, 0.15) is 67.9 Å². The summed E-state index contributed by atoms with van der Waals surface area (Å²) < 4.78 is 46.0. The minimum Gasteiger partial charge on any atom is -0.482 e. The van der Waals surface area contributed by atoms with Crippen molar-refractivity contribution < 1.29 is 27.5 Å². The molecule has 0 aliphatic heterocycles. The van der Waals surface area contributed by atoms with Gasteiger partial charge in [-0.05, 0) is 88.1 Å². The van der Waals surface area contributed by atoms with Crippen LogP contribution in [0, 0.1) is 0 Å². The molecule has 0 heterocycles. The molecule has 2 atom stereocenters. The number of carbonyl (C=O) groups is 2. The number of rotatable bonds is 9. The van der Waals surface area contributed by atoms with Crippen LogP contribution >= 0.6 is 11.6 Å². The first-order chi connectivity index (χ1) is 18.7. The van der Waals surface area contributed by atoms with E-state index in [1.165, 1.54) is 6.08 Å². The smallest absolute Gasteiger partial charge is 0.416 e. The summed E-state index contributed by atoms with van der Waals surface area (Å²) in [7, 11) is 0. The van der Waals surface area contributed by atoms with Gasteiger partial charge in [-0.3, -0.25) is 9.59 Å². The van der Waals surface area contributed by atoms with E-state index in [1.807, 2.05) is 25.1 Å². The Balaban J connectivity index is 1.83. The fraction of sp³-hybridized carbons (Fsp3) is 0.355. The molecule has 0 saturated heterocycles. The average molecular weight is 575 g/mol. The number of halogens is 4. The van der Waals surface area contributed by atoms with Crippen LogP contribution in [-0.4, -0.2) is 29.6 Å². The molecule has 2 amide bonds. The summed E-state index contributed by atoms with van der Waals surface area (Å²) >= 11 is 6.05. The van der Waals surface area contributed by atoms with Crippen molar-refractivity contribution in [2.45, 2.75) is 70.7 Å². The van der Waals surface area contributed by atoms with E-state index in [1.54, 1.807) is 51.1 Å². The molecule has 3 rings (SSSR count). The van der Waals surface area contributed by atoms with E-state index in [-0.39, 0.29) is 11.7 Å². The largest absolute Gasteiger partial charge is 0.482 e. The zero-order valence-corrected chi connectivity index (χ0v) is 23.7. The van der Waals surface area contributed by atoms with Crippen LogP contribution in [0.2, 0.25) is 5.02 Å². The molecule has 3 N–H and O–H groups in total.